The van der Waals surface area contributed by atoms with E-state index < -0.39 is 11.2 Å². The summed E-state index contributed by atoms with van der Waals surface area (Å²) in [5.41, 5.74) is 1.98. The fraction of sp³-hybridized carbons (Fsp3) is 0.0800. The smallest absolute Gasteiger partial charge is 0.269 e. The third kappa shape index (κ3) is 5.31. The Morgan fingerprint density at radius 1 is 1.06 bits per heavy atom. The zero-order valence-corrected chi connectivity index (χ0v) is 20.3. The summed E-state index contributed by atoms with van der Waals surface area (Å²) in [6, 6.07) is 25.4. The maximum absolute atomic E-state index is 13.5. The number of anilines is 2. The van der Waals surface area contributed by atoms with Crippen LogP contribution in [0.15, 0.2) is 93.9 Å². The summed E-state index contributed by atoms with van der Waals surface area (Å²) >= 11 is 10.6. The number of nitrogens with zero attached hydrogens (tertiary/aromatic N) is 2. The van der Waals surface area contributed by atoms with E-state index in [1.807, 2.05) is 36.4 Å². The van der Waals surface area contributed by atoms with E-state index in [-0.39, 0.29) is 11.5 Å². The number of hydrogen-bond acceptors (Lipinski definition) is 4. The molecule has 0 aromatic heterocycles. The summed E-state index contributed by atoms with van der Waals surface area (Å²) in [4.78, 5) is 27.9. The second kappa shape index (κ2) is 10.3. The van der Waals surface area contributed by atoms with Crippen molar-refractivity contribution in [2.75, 3.05) is 10.2 Å². The molecule has 1 fully saturated rings. The number of carbonyl (C=O) groups excluding carboxylic acids is 2. The van der Waals surface area contributed by atoms with Crippen molar-refractivity contribution >= 4 is 62.5 Å². The molecule has 4 rings (SSSR count). The van der Waals surface area contributed by atoms with Gasteiger partial charge < -0.3 is 5.32 Å². The van der Waals surface area contributed by atoms with Crippen LogP contribution < -0.4 is 10.2 Å². The topological polar surface area (TPSA) is 73.2 Å². The van der Waals surface area contributed by atoms with Gasteiger partial charge in [0, 0.05) is 20.9 Å². The van der Waals surface area contributed by atoms with E-state index >= 15 is 0 Å². The van der Waals surface area contributed by atoms with E-state index in [0.717, 1.165) is 10.0 Å². The molecule has 5 nitrogen and oxygen atoms in total. The second-order valence-electron chi connectivity index (χ2n) is 7.20. The van der Waals surface area contributed by atoms with Crippen molar-refractivity contribution in [2.24, 2.45) is 0 Å². The van der Waals surface area contributed by atoms with Gasteiger partial charge in [-0.1, -0.05) is 69.6 Å². The fourth-order valence-corrected chi connectivity index (χ4v) is 5.06. The molecule has 0 radical (unpaired) electrons. The first-order valence-electron chi connectivity index (χ1n) is 9.97. The average Bonchev–Trinajstić information content (AvgIpc) is 3.12. The molecule has 1 atom stereocenters. The van der Waals surface area contributed by atoms with E-state index in [1.165, 1.54) is 16.7 Å². The molecule has 2 amide bonds. The molecule has 8 heteroatoms. The highest BCUT2D eigenvalue weighted by atomic mass is 79.9. The van der Waals surface area contributed by atoms with Crippen molar-refractivity contribution < 1.29 is 9.59 Å². The van der Waals surface area contributed by atoms with Crippen molar-refractivity contribution in [2.45, 2.75) is 11.7 Å². The van der Waals surface area contributed by atoms with Crippen LogP contribution in [0.4, 0.5) is 11.4 Å². The Morgan fingerprint density at radius 3 is 2.36 bits per heavy atom. The van der Waals surface area contributed by atoms with Crippen LogP contribution in [0.3, 0.4) is 0 Å². The first-order valence-corrected chi connectivity index (χ1v) is 12.0. The molecular weight excluding hydrogens is 522 g/mol. The molecule has 164 valence electrons. The lowest BCUT2D eigenvalue weighted by Crippen LogP contribution is -2.30. The van der Waals surface area contributed by atoms with E-state index in [4.69, 9.17) is 11.6 Å². The van der Waals surface area contributed by atoms with Gasteiger partial charge in [0.1, 0.15) is 16.7 Å². The molecule has 1 saturated heterocycles. The van der Waals surface area contributed by atoms with E-state index in [9.17, 15) is 14.9 Å². The average molecular weight is 539 g/mol. The standard InChI is InChI=1S/C25H17BrClN3O2S/c26-17-8-12-20(13-9-17)30-24(32)22(14-16-6-10-18(27)11-7-16)33-25(30)21(15-28)23(31)29-19-4-2-1-3-5-19/h1-13,22H,14H2,(H,29,31)/b25-21-. The van der Waals surface area contributed by atoms with Crippen LogP contribution in [-0.2, 0) is 16.0 Å². The summed E-state index contributed by atoms with van der Waals surface area (Å²) < 4.78 is 0.858. The van der Waals surface area contributed by atoms with Gasteiger partial charge in [0.2, 0.25) is 5.91 Å². The zero-order chi connectivity index (χ0) is 23.4. The van der Waals surface area contributed by atoms with Crippen molar-refractivity contribution in [3.63, 3.8) is 0 Å². The summed E-state index contributed by atoms with van der Waals surface area (Å²) in [5, 5.41) is 13.1. The predicted octanol–water partition coefficient (Wildman–Crippen LogP) is 6.17. The van der Waals surface area contributed by atoms with Gasteiger partial charge in [-0.2, -0.15) is 5.26 Å². The van der Waals surface area contributed by atoms with Gasteiger partial charge >= 0.3 is 0 Å². The van der Waals surface area contributed by atoms with Gasteiger partial charge in [-0.3, -0.25) is 14.5 Å². The number of para-hydroxylation sites is 1. The number of halogens is 2. The minimum Gasteiger partial charge on any atom is -0.321 e. The van der Waals surface area contributed by atoms with Crippen molar-refractivity contribution in [3.05, 3.63) is 105 Å². The van der Waals surface area contributed by atoms with Crippen LogP contribution in [0.2, 0.25) is 5.02 Å². The van der Waals surface area contributed by atoms with E-state index in [0.29, 0.717) is 27.8 Å². The molecule has 33 heavy (non-hydrogen) atoms. The Morgan fingerprint density at radius 2 is 1.73 bits per heavy atom. The van der Waals surface area contributed by atoms with E-state index in [2.05, 4.69) is 21.2 Å². The minimum atomic E-state index is -0.562. The second-order valence-corrected chi connectivity index (χ2v) is 9.74. The molecule has 1 heterocycles. The zero-order valence-electron chi connectivity index (χ0n) is 17.2. The Labute approximate surface area is 209 Å². The lowest BCUT2D eigenvalue weighted by Gasteiger charge is -2.19. The number of thioether (sulfide) groups is 1. The molecule has 1 unspecified atom stereocenters. The van der Waals surface area contributed by atoms with E-state index in [1.54, 1.807) is 48.5 Å². The highest BCUT2D eigenvalue weighted by molar-refractivity contribution is 9.10. The maximum atomic E-state index is 13.5. The van der Waals surface area contributed by atoms with Crippen LogP contribution in [-0.4, -0.2) is 17.1 Å². The quantitative estimate of drug-likeness (QED) is 0.312. The molecule has 3 aromatic carbocycles. The lowest BCUT2D eigenvalue weighted by atomic mass is 10.1. The largest absolute Gasteiger partial charge is 0.321 e. The molecule has 1 aliphatic heterocycles. The van der Waals surface area contributed by atoms with Gasteiger partial charge in [-0.15, -0.1) is 0 Å². The van der Waals surface area contributed by atoms with Crippen molar-refractivity contribution in [1.82, 2.24) is 0 Å². The molecule has 3 aromatic rings. The fourth-order valence-electron chi connectivity index (χ4n) is 3.36. The van der Waals surface area contributed by atoms with Gasteiger partial charge in [0.25, 0.3) is 5.91 Å². The minimum absolute atomic E-state index is 0.112. The molecule has 1 N–H and O–H groups in total. The Bertz CT molecular complexity index is 1260. The Balaban J connectivity index is 1.72. The molecule has 0 saturated carbocycles. The summed E-state index contributed by atoms with van der Waals surface area (Å²) in [7, 11) is 0. The van der Waals surface area contributed by atoms with Crippen LogP contribution in [0, 0.1) is 11.3 Å². The van der Waals surface area contributed by atoms with Gasteiger partial charge in [0.05, 0.1) is 5.25 Å². The van der Waals surface area contributed by atoms with Crippen LogP contribution >= 0.6 is 39.3 Å². The number of nitriles is 1. The predicted molar refractivity (Wildman–Crippen MR) is 136 cm³/mol. The monoisotopic (exact) mass is 537 g/mol. The number of benzene rings is 3. The summed E-state index contributed by atoms with van der Waals surface area (Å²) in [6.45, 7) is 0. The number of nitrogens with one attached hydrogen (secondary N) is 1. The van der Waals surface area contributed by atoms with Crippen LogP contribution in [0.1, 0.15) is 5.56 Å². The Kier molecular flexibility index (Phi) is 7.19. The number of hydrogen-bond donors (Lipinski definition) is 1. The first-order chi connectivity index (χ1) is 16.0. The maximum Gasteiger partial charge on any atom is 0.269 e. The lowest BCUT2D eigenvalue weighted by molar-refractivity contribution is -0.117. The SMILES string of the molecule is N#C/C(C(=O)Nc1ccccc1)=C1/SC(Cc2ccc(Cl)cc2)C(=O)N1c1ccc(Br)cc1. The number of rotatable bonds is 5. The normalized spacial score (nSPS) is 16.9. The third-order valence-electron chi connectivity index (χ3n) is 4.96. The molecule has 1 aliphatic rings. The van der Waals surface area contributed by atoms with Crippen molar-refractivity contribution in [3.8, 4) is 6.07 Å². The van der Waals surface area contributed by atoms with Crippen LogP contribution in [0.5, 0.6) is 0 Å². The Hall–Kier alpha value is -3.05. The number of carbonyl (C=O) groups is 2. The van der Waals surface area contributed by atoms with Gasteiger partial charge in [0.15, 0.2) is 0 Å². The highest BCUT2D eigenvalue weighted by Gasteiger charge is 2.40. The van der Waals surface area contributed by atoms with Gasteiger partial charge in [-0.25, -0.2) is 0 Å². The summed E-state index contributed by atoms with van der Waals surface area (Å²) in [5.74, 6) is -0.749. The third-order valence-corrected chi connectivity index (χ3v) is 7.00. The van der Waals surface area contributed by atoms with Crippen LogP contribution in [0.25, 0.3) is 0 Å². The molecule has 0 aliphatic carbocycles. The molecular formula is C25H17BrClN3O2S. The molecule has 0 spiro atoms. The number of amides is 2. The van der Waals surface area contributed by atoms with Gasteiger partial charge in [-0.05, 0) is 60.5 Å². The highest BCUT2D eigenvalue weighted by Crippen LogP contribution is 2.42. The van der Waals surface area contributed by atoms with Crippen molar-refractivity contribution in [1.29, 1.82) is 5.26 Å². The summed E-state index contributed by atoms with van der Waals surface area (Å²) in [6.07, 6.45) is 0.441. The molecule has 0 bridgehead atoms. The first kappa shape index (κ1) is 23.1.